The molecule has 0 aromatic heterocycles. The topological polar surface area (TPSA) is 116 Å². The summed E-state index contributed by atoms with van der Waals surface area (Å²) in [5, 5.41) is 7.54. The first-order valence-electron chi connectivity index (χ1n) is 9.00. The van der Waals surface area contributed by atoms with Crippen LogP contribution in [-0.2, 0) is 43.6 Å². The highest BCUT2D eigenvalue weighted by Crippen LogP contribution is 2.22. The third kappa shape index (κ3) is 5.40. The highest BCUT2D eigenvalue weighted by Gasteiger charge is 2.14. The van der Waals surface area contributed by atoms with E-state index in [0.717, 1.165) is 24.8 Å². The van der Waals surface area contributed by atoms with Crippen molar-refractivity contribution in [3.63, 3.8) is 0 Å². The van der Waals surface area contributed by atoms with Gasteiger partial charge in [0.2, 0.25) is 10.0 Å². The highest BCUT2D eigenvalue weighted by atomic mass is 32.2. The standard InChI is InChI=1S/C20H22N2O5S/c21-28(25,26)18-7-3-6-17(12-18)22-19(23)13-27-20(24)11-14-8-9-15-4-1-2-5-16(15)10-14/h3,6-10,12H,1-2,4-5,11,13H2,(H,22,23)(H2,21,25,26). The lowest BCUT2D eigenvalue weighted by molar-refractivity contribution is -0.146. The van der Waals surface area contributed by atoms with E-state index in [1.165, 1.54) is 41.8 Å². The van der Waals surface area contributed by atoms with Gasteiger partial charge in [-0.25, -0.2) is 13.6 Å². The average Bonchev–Trinajstić information content (AvgIpc) is 2.66. The van der Waals surface area contributed by atoms with Crippen LogP contribution >= 0.6 is 0 Å². The van der Waals surface area contributed by atoms with Crippen molar-refractivity contribution in [2.75, 3.05) is 11.9 Å². The minimum Gasteiger partial charge on any atom is -0.455 e. The molecule has 3 rings (SSSR count). The molecule has 2 aromatic carbocycles. The first kappa shape index (κ1) is 20.0. The molecule has 28 heavy (non-hydrogen) atoms. The second-order valence-corrected chi connectivity index (χ2v) is 8.33. The van der Waals surface area contributed by atoms with Crippen LogP contribution in [0.15, 0.2) is 47.4 Å². The molecule has 0 bridgehead atoms. The zero-order valence-electron chi connectivity index (χ0n) is 15.3. The lowest BCUT2D eigenvalue weighted by Gasteiger charge is -2.16. The molecule has 0 saturated heterocycles. The van der Waals surface area contributed by atoms with Gasteiger partial charge in [-0.3, -0.25) is 9.59 Å². The summed E-state index contributed by atoms with van der Waals surface area (Å²) in [7, 11) is -3.86. The molecule has 0 atom stereocenters. The number of nitrogens with two attached hydrogens (primary N) is 1. The minimum atomic E-state index is -3.86. The summed E-state index contributed by atoms with van der Waals surface area (Å²) in [6, 6.07) is 11.5. The Bertz CT molecular complexity index is 1000. The Morgan fingerprint density at radius 3 is 2.54 bits per heavy atom. The Kier molecular flexibility index (Phi) is 6.11. The summed E-state index contributed by atoms with van der Waals surface area (Å²) < 4.78 is 27.7. The molecule has 0 fully saturated rings. The summed E-state index contributed by atoms with van der Waals surface area (Å²) in [6.45, 7) is -0.455. The van der Waals surface area contributed by atoms with Crippen LogP contribution in [0.2, 0.25) is 0 Å². The van der Waals surface area contributed by atoms with Gasteiger partial charge in [0.1, 0.15) is 0 Å². The van der Waals surface area contributed by atoms with Crippen LogP contribution in [0.4, 0.5) is 5.69 Å². The number of rotatable bonds is 6. The number of hydrogen-bond donors (Lipinski definition) is 2. The number of primary sulfonamides is 1. The van der Waals surface area contributed by atoms with Gasteiger partial charge in [0.25, 0.3) is 5.91 Å². The fraction of sp³-hybridized carbons (Fsp3) is 0.300. The largest absolute Gasteiger partial charge is 0.455 e. The summed E-state index contributed by atoms with van der Waals surface area (Å²) in [5.74, 6) is -1.06. The first-order valence-corrected chi connectivity index (χ1v) is 10.5. The molecule has 1 aliphatic carbocycles. The summed E-state index contributed by atoms with van der Waals surface area (Å²) >= 11 is 0. The molecule has 0 unspecified atom stereocenters. The first-order chi connectivity index (χ1) is 13.3. The lowest BCUT2D eigenvalue weighted by atomic mass is 9.90. The quantitative estimate of drug-likeness (QED) is 0.717. The van der Waals surface area contributed by atoms with Crippen molar-refractivity contribution in [2.24, 2.45) is 5.14 Å². The van der Waals surface area contributed by atoms with Crippen LogP contribution in [0, 0.1) is 0 Å². The predicted molar refractivity (Wildman–Crippen MR) is 104 cm³/mol. The maximum atomic E-state index is 12.0. The zero-order chi connectivity index (χ0) is 20.1. The zero-order valence-corrected chi connectivity index (χ0v) is 16.1. The molecule has 7 nitrogen and oxygen atoms in total. The van der Waals surface area contributed by atoms with E-state index in [-0.39, 0.29) is 17.0 Å². The van der Waals surface area contributed by atoms with Crippen molar-refractivity contribution in [2.45, 2.75) is 37.0 Å². The van der Waals surface area contributed by atoms with E-state index in [2.05, 4.69) is 11.4 Å². The molecular weight excluding hydrogens is 380 g/mol. The Balaban J connectivity index is 1.51. The van der Waals surface area contributed by atoms with Gasteiger partial charge in [-0.15, -0.1) is 0 Å². The normalized spacial score (nSPS) is 13.5. The van der Waals surface area contributed by atoms with E-state index < -0.39 is 28.5 Å². The molecule has 3 N–H and O–H groups in total. The van der Waals surface area contributed by atoms with Crippen LogP contribution in [0.25, 0.3) is 0 Å². The molecule has 0 saturated carbocycles. The fourth-order valence-corrected chi connectivity index (χ4v) is 3.77. The third-order valence-electron chi connectivity index (χ3n) is 4.57. The van der Waals surface area contributed by atoms with E-state index in [4.69, 9.17) is 9.88 Å². The number of anilines is 1. The number of carbonyl (C=O) groups excluding carboxylic acids is 2. The molecule has 0 radical (unpaired) electrons. The number of ether oxygens (including phenoxy) is 1. The number of esters is 1. The number of amides is 1. The lowest BCUT2D eigenvalue weighted by Crippen LogP contribution is -2.22. The van der Waals surface area contributed by atoms with Crippen molar-refractivity contribution in [3.8, 4) is 0 Å². The number of aryl methyl sites for hydroxylation is 2. The Hall–Kier alpha value is -2.71. The van der Waals surface area contributed by atoms with E-state index in [0.29, 0.717) is 0 Å². The number of benzene rings is 2. The van der Waals surface area contributed by atoms with Crippen LogP contribution in [-0.4, -0.2) is 26.9 Å². The Morgan fingerprint density at radius 2 is 1.79 bits per heavy atom. The van der Waals surface area contributed by atoms with Crippen LogP contribution in [0.3, 0.4) is 0 Å². The van der Waals surface area contributed by atoms with Crippen LogP contribution in [0.1, 0.15) is 29.5 Å². The molecule has 0 aliphatic heterocycles. The Morgan fingerprint density at radius 1 is 1.04 bits per heavy atom. The molecule has 0 spiro atoms. The Labute approximate surface area is 163 Å². The van der Waals surface area contributed by atoms with Gasteiger partial charge in [0.05, 0.1) is 11.3 Å². The number of carbonyl (C=O) groups is 2. The third-order valence-corrected chi connectivity index (χ3v) is 5.48. The highest BCUT2D eigenvalue weighted by molar-refractivity contribution is 7.89. The summed E-state index contributed by atoms with van der Waals surface area (Å²) in [6.07, 6.45) is 4.56. The van der Waals surface area contributed by atoms with Gasteiger partial charge in [-0.2, -0.15) is 0 Å². The van der Waals surface area contributed by atoms with Crippen molar-refractivity contribution < 1.29 is 22.7 Å². The monoisotopic (exact) mass is 402 g/mol. The van der Waals surface area contributed by atoms with E-state index in [1.807, 2.05) is 12.1 Å². The van der Waals surface area contributed by atoms with Gasteiger partial charge < -0.3 is 10.1 Å². The van der Waals surface area contributed by atoms with E-state index in [1.54, 1.807) is 0 Å². The number of hydrogen-bond acceptors (Lipinski definition) is 5. The van der Waals surface area contributed by atoms with Gasteiger partial charge in [-0.05, 0) is 60.6 Å². The SMILES string of the molecule is NS(=O)(=O)c1cccc(NC(=O)COC(=O)Cc2ccc3c(c2)CCCC3)c1. The van der Waals surface area contributed by atoms with E-state index >= 15 is 0 Å². The molecule has 1 amide bonds. The minimum absolute atomic E-state index is 0.0987. The number of nitrogens with one attached hydrogen (secondary N) is 1. The van der Waals surface area contributed by atoms with Crippen LogP contribution in [0.5, 0.6) is 0 Å². The number of fused-ring (bicyclic) bond motifs is 1. The average molecular weight is 402 g/mol. The van der Waals surface area contributed by atoms with Crippen LogP contribution < -0.4 is 10.5 Å². The fourth-order valence-electron chi connectivity index (χ4n) is 3.21. The number of sulfonamides is 1. The van der Waals surface area contributed by atoms with Crippen molar-refractivity contribution in [3.05, 3.63) is 59.2 Å². The molecule has 148 valence electrons. The van der Waals surface area contributed by atoms with Gasteiger partial charge in [-0.1, -0.05) is 24.3 Å². The summed E-state index contributed by atoms with van der Waals surface area (Å²) in [4.78, 5) is 23.9. The van der Waals surface area contributed by atoms with Crippen molar-refractivity contribution >= 4 is 27.6 Å². The van der Waals surface area contributed by atoms with Gasteiger partial charge in [0.15, 0.2) is 6.61 Å². The molecule has 8 heteroatoms. The maximum absolute atomic E-state index is 12.0. The molecular formula is C20H22N2O5S. The second kappa shape index (κ2) is 8.53. The molecule has 2 aromatic rings. The van der Waals surface area contributed by atoms with Crippen molar-refractivity contribution in [1.82, 2.24) is 0 Å². The molecule has 0 heterocycles. The maximum Gasteiger partial charge on any atom is 0.310 e. The second-order valence-electron chi connectivity index (χ2n) is 6.77. The molecule has 1 aliphatic rings. The van der Waals surface area contributed by atoms with E-state index in [9.17, 15) is 18.0 Å². The summed E-state index contributed by atoms with van der Waals surface area (Å²) in [5.41, 5.74) is 3.74. The smallest absolute Gasteiger partial charge is 0.310 e. The van der Waals surface area contributed by atoms with Crippen molar-refractivity contribution in [1.29, 1.82) is 0 Å². The van der Waals surface area contributed by atoms with Gasteiger partial charge in [0, 0.05) is 5.69 Å². The van der Waals surface area contributed by atoms with Gasteiger partial charge >= 0.3 is 5.97 Å². The predicted octanol–water partition coefficient (Wildman–Crippen LogP) is 1.94.